The molecule has 140 valence electrons. The van der Waals surface area contributed by atoms with E-state index in [1.807, 2.05) is 0 Å². The second-order valence-electron chi connectivity index (χ2n) is 7.38. The number of carbonyl (C=O) groups is 1. The van der Waals surface area contributed by atoms with Crippen molar-refractivity contribution in [2.24, 2.45) is 0 Å². The van der Waals surface area contributed by atoms with Crippen LogP contribution in [-0.4, -0.2) is 47.2 Å². The third-order valence-corrected chi connectivity index (χ3v) is 3.70. The van der Waals surface area contributed by atoms with Crippen LogP contribution in [0.3, 0.4) is 0 Å². The number of carbonyl (C=O) groups excluding carboxylic acids is 1. The monoisotopic (exact) mass is 348 g/mol. The van der Waals surface area contributed by atoms with Crippen molar-refractivity contribution in [3.8, 4) is 0 Å². The van der Waals surface area contributed by atoms with Crippen LogP contribution in [0, 0.1) is 0 Å². The van der Waals surface area contributed by atoms with Crippen LogP contribution >= 0.6 is 0 Å². The Kier molecular flexibility index (Phi) is 4.28. The first-order valence-electron chi connectivity index (χ1n) is 11.7. The molecule has 1 aliphatic rings. The van der Waals surface area contributed by atoms with Crippen LogP contribution in [0.15, 0.2) is 12.7 Å². The molecule has 1 aliphatic heterocycles. The van der Waals surface area contributed by atoms with Gasteiger partial charge in [0.2, 0.25) is 0 Å². The summed E-state index contributed by atoms with van der Waals surface area (Å²) >= 11 is 0. The zero-order valence-corrected chi connectivity index (χ0v) is 15.3. The Morgan fingerprint density at radius 2 is 2.21 bits per heavy atom. The molecule has 24 heavy (non-hydrogen) atoms. The number of ether oxygens (including phenoxy) is 3. The SMILES string of the molecule is [2H]C([2H])([2H])C([2H])(O[C@H](CCCC=C)[C@@H]1COC(C)(C)N1C(=O)OC(C)(C)C)C([2H])([2H])[2H]. The maximum absolute atomic E-state index is 13.0. The van der Waals surface area contributed by atoms with E-state index in [9.17, 15) is 4.79 Å². The minimum atomic E-state index is -3.25. The largest absolute Gasteiger partial charge is 0.444 e. The standard InChI is InChI=1S/C19H35NO4/c1-9-10-11-12-16(23-14(2)3)15-13-22-19(7,8)20(15)17(21)24-18(4,5)6/h9,14-16H,1,10-13H2,2-8H3/t15-,16+/m0/s1/i2D3,3D3,14D. The molecule has 2 atom stereocenters. The van der Waals surface area contributed by atoms with E-state index in [-0.39, 0.29) is 13.0 Å². The van der Waals surface area contributed by atoms with Gasteiger partial charge in [0.1, 0.15) is 11.3 Å². The minimum absolute atomic E-state index is 0.0247. The Balaban J connectivity index is 3.38. The molecule has 1 amide bonds. The number of amides is 1. The summed E-state index contributed by atoms with van der Waals surface area (Å²) in [6.45, 7) is 5.55. The number of unbranched alkanes of at least 4 members (excludes halogenated alkanes) is 1. The van der Waals surface area contributed by atoms with E-state index in [0.29, 0.717) is 12.8 Å². The highest BCUT2D eigenvalue weighted by Crippen LogP contribution is 2.33. The zero-order valence-electron chi connectivity index (χ0n) is 22.3. The molecular weight excluding hydrogens is 306 g/mol. The summed E-state index contributed by atoms with van der Waals surface area (Å²) in [5, 5.41) is 0. The van der Waals surface area contributed by atoms with Crippen molar-refractivity contribution in [2.75, 3.05) is 6.61 Å². The molecule has 0 aliphatic carbocycles. The first-order valence-corrected chi connectivity index (χ1v) is 8.22. The van der Waals surface area contributed by atoms with Gasteiger partial charge in [-0.05, 0) is 67.6 Å². The molecule has 0 radical (unpaired) electrons. The summed E-state index contributed by atoms with van der Waals surface area (Å²) in [5.74, 6) is 0. The summed E-state index contributed by atoms with van der Waals surface area (Å²) < 4.78 is 71.0. The first kappa shape index (κ1) is 12.3. The Labute approximate surface area is 157 Å². The molecule has 0 unspecified atom stereocenters. The van der Waals surface area contributed by atoms with Crippen molar-refractivity contribution in [1.29, 1.82) is 0 Å². The number of nitrogens with zero attached hydrogens (tertiary/aromatic N) is 1. The van der Waals surface area contributed by atoms with Gasteiger partial charge in [-0.25, -0.2) is 4.79 Å². The average molecular weight is 349 g/mol. The van der Waals surface area contributed by atoms with E-state index in [2.05, 4.69) is 6.58 Å². The van der Waals surface area contributed by atoms with Crippen LogP contribution in [0.1, 0.15) is 77.2 Å². The van der Waals surface area contributed by atoms with E-state index in [1.54, 1.807) is 40.7 Å². The quantitative estimate of drug-likeness (QED) is 0.502. The fourth-order valence-electron chi connectivity index (χ4n) is 2.72. The van der Waals surface area contributed by atoms with Crippen LogP contribution in [0.5, 0.6) is 0 Å². The van der Waals surface area contributed by atoms with Crippen molar-refractivity contribution >= 4 is 6.09 Å². The van der Waals surface area contributed by atoms with Crippen LogP contribution in [0.2, 0.25) is 0 Å². The summed E-state index contributed by atoms with van der Waals surface area (Å²) in [5.41, 5.74) is -1.90. The van der Waals surface area contributed by atoms with Crippen LogP contribution in [0.25, 0.3) is 0 Å². The number of rotatable bonds is 7. The van der Waals surface area contributed by atoms with Crippen LogP contribution in [0.4, 0.5) is 4.79 Å². The fraction of sp³-hybridized carbons (Fsp3) is 0.842. The highest BCUT2D eigenvalue weighted by molar-refractivity contribution is 5.69. The molecule has 0 aromatic rings. The van der Waals surface area contributed by atoms with Crippen LogP contribution < -0.4 is 0 Å². The molecule has 5 nitrogen and oxygen atoms in total. The lowest BCUT2D eigenvalue weighted by molar-refractivity contribution is -0.0795. The lowest BCUT2D eigenvalue weighted by atomic mass is 10.0. The molecule has 0 aromatic heterocycles. The summed E-state index contributed by atoms with van der Waals surface area (Å²) in [6, 6.07) is -0.843. The topological polar surface area (TPSA) is 48.0 Å². The Hall–Kier alpha value is -1.07. The smallest absolute Gasteiger partial charge is 0.412 e. The Bertz CT molecular complexity index is 627. The highest BCUT2D eigenvalue weighted by atomic mass is 16.6. The van der Waals surface area contributed by atoms with Gasteiger partial charge in [-0.15, -0.1) is 6.58 Å². The molecule has 0 saturated carbocycles. The van der Waals surface area contributed by atoms with Gasteiger partial charge in [0.05, 0.1) is 26.2 Å². The zero-order chi connectivity index (χ0) is 24.5. The summed E-state index contributed by atoms with van der Waals surface area (Å²) in [4.78, 5) is 14.3. The van der Waals surface area contributed by atoms with Gasteiger partial charge >= 0.3 is 6.09 Å². The van der Waals surface area contributed by atoms with E-state index in [4.69, 9.17) is 23.8 Å². The van der Waals surface area contributed by atoms with Gasteiger partial charge in [0.25, 0.3) is 0 Å². The highest BCUT2D eigenvalue weighted by Gasteiger charge is 2.48. The van der Waals surface area contributed by atoms with Gasteiger partial charge in [-0.3, -0.25) is 4.90 Å². The van der Waals surface area contributed by atoms with Gasteiger partial charge in [0, 0.05) is 8.22 Å². The third kappa shape index (κ3) is 6.10. The normalized spacial score (nSPS) is 27.6. The van der Waals surface area contributed by atoms with E-state index in [0.717, 1.165) is 0 Å². The van der Waals surface area contributed by atoms with Crippen molar-refractivity contribution in [3.63, 3.8) is 0 Å². The van der Waals surface area contributed by atoms with Gasteiger partial charge in [-0.2, -0.15) is 0 Å². The molecule has 1 heterocycles. The minimum Gasteiger partial charge on any atom is -0.444 e. The predicted octanol–water partition coefficient (Wildman–Crippen LogP) is 4.51. The summed E-state index contributed by atoms with van der Waals surface area (Å²) in [7, 11) is 0. The van der Waals surface area contributed by atoms with Gasteiger partial charge in [-0.1, -0.05) is 6.08 Å². The van der Waals surface area contributed by atoms with E-state index < -0.39 is 49.3 Å². The molecule has 0 spiro atoms. The average Bonchev–Trinajstić information content (AvgIpc) is 2.85. The molecule has 0 aromatic carbocycles. The van der Waals surface area contributed by atoms with Crippen molar-refractivity contribution in [1.82, 2.24) is 4.90 Å². The van der Waals surface area contributed by atoms with Crippen molar-refractivity contribution in [2.45, 2.75) is 97.1 Å². The second kappa shape index (κ2) is 8.34. The predicted molar refractivity (Wildman–Crippen MR) is 95.9 cm³/mol. The number of allylic oxidation sites excluding steroid dienone is 1. The molecule has 1 rings (SSSR count). The Morgan fingerprint density at radius 1 is 1.54 bits per heavy atom. The van der Waals surface area contributed by atoms with E-state index >= 15 is 0 Å². The maximum atomic E-state index is 13.0. The van der Waals surface area contributed by atoms with Crippen molar-refractivity contribution < 1.29 is 28.6 Å². The van der Waals surface area contributed by atoms with E-state index in [1.165, 1.54) is 4.90 Å². The summed E-state index contributed by atoms with van der Waals surface area (Å²) in [6.07, 6.45) is -2.04. The Morgan fingerprint density at radius 3 is 2.75 bits per heavy atom. The third-order valence-electron chi connectivity index (χ3n) is 3.70. The van der Waals surface area contributed by atoms with Crippen LogP contribution in [-0.2, 0) is 14.2 Å². The number of hydrogen-bond donors (Lipinski definition) is 0. The fourth-order valence-corrected chi connectivity index (χ4v) is 2.72. The second-order valence-corrected chi connectivity index (χ2v) is 7.38. The molecule has 0 N–H and O–H groups in total. The molecule has 1 saturated heterocycles. The lowest BCUT2D eigenvalue weighted by Gasteiger charge is -2.38. The first-order chi connectivity index (χ1) is 13.8. The molecule has 0 bridgehead atoms. The molecular formula is C19H35NO4. The molecule has 1 fully saturated rings. The lowest BCUT2D eigenvalue weighted by Crippen LogP contribution is -2.54. The van der Waals surface area contributed by atoms with Crippen molar-refractivity contribution in [3.05, 3.63) is 12.7 Å². The maximum Gasteiger partial charge on any atom is 0.412 e. The van der Waals surface area contributed by atoms with Gasteiger partial charge < -0.3 is 14.2 Å². The van der Waals surface area contributed by atoms with Gasteiger partial charge in [0.15, 0.2) is 0 Å². The molecule has 5 heteroatoms. The number of hydrogen-bond acceptors (Lipinski definition) is 4.